The third-order valence-corrected chi connectivity index (χ3v) is 3.52. The first-order chi connectivity index (χ1) is 9.46. The first-order valence-corrected chi connectivity index (χ1v) is 5.77. The first-order valence-electron chi connectivity index (χ1n) is 7.27. The lowest BCUT2D eigenvalue weighted by molar-refractivity contribution is 0.495. The second-order valence-corrected chi connectivity index (χ2v) is 4.54. The van der Waals surface area contributed by atoms with Crippen molar-refractivity contribution >= 4 is 10.9 Å². The van der Waals surface area contributed by atoms with Crippen LogP contribution in [0.15, 0.2) is 18.2 Å². The number of hydrogen-bond donors (Lipinski definition) is 2. The van der Waals surface area contributed by atoms with Crippen molar-refractivity contribution in [3.05, 3.63) is 35.0 Å². The third kappa shape index (κ3) is 1.62. The van der Waals surface area contributed by atoms with Crippen LogP contribution in [-0.2, 0) is 12.8 Å². The Morgan fingerprint density at radius 1 is 1.59 bits per heavy atom. The van der Waals surface area contributed by atoms with Crippen LogP contribution in [0.2, 0.25) is 0 Å². The SMILES string of the molecule is [2H]C([2H])([2H])NC1CCc2[nH]c3ccc(C#N)cc3c2C1. The third-order valence-electron chi connectivity index (χ3n) is 3.52. The van der Waals surface area contributed by atoms with Gasteiger partial charge in [0.15, 0.2) is 0 Å². The van der Waals surface area contributed by atoms with Gasteiger partial charge >= 0.3 is 0 Å². The standard InChI is InChI=1S/C14H15N3/c1-16-10-3-5-14-12(7-10)11-6-9(8-15)2-4-13(11)17-14/h2,4,6,10,16-17H,3,5,7H2,1H3/i1D3. The molecule has 3 nitrogen and oxygen atoms in total. The van der Waals surface area contributed by atoms with E-state index in [1.807, 2.05) is 12.1 Å². The summed E-state index contributed by atoms with van der Waals surface area (Å²) in [6, 6.07) is 7.69. The van der Waals surface area contributed by atoms with Crippen molar-refractivity contribution < 1.29 is 4.11 Å². The summed E-state index contributed by atoms with van der Waals surface area (Å²) in [6.45, 7) is -2.11. The number of hydrogen-bond acceptors (Lipinski definition) is 2. The average Bonchev–Trinajstić information content (AvgIpc) is 2.74. The number of aromatic nitrogens is 1. The van der Waals surface area contributed by atoms with E-state index < -0.39 is 6.98 Å². The molecule has 1 aliphatic rings. The molecule has 3 heteroatoms. The Morgan fingerprint density at radius 2 is 2.53 bits per heavy atom. The van der Waals surface area contributed by atoms with E-state index in [0.29, 0.717) is 12.0 Å². The van der Waals surface area contributed by atoms with Crippen molar-refractivity contribution in [3.63, 3.8) is 0 Å². The van der Waals surface area contributed by atoms with Crippen molar-refractivity contribution in [1.29, 1.82) is 5.26 Å². The molecule has 0 radical (unpaired) electrons. The summed E-state index contributed by atoms with van der Waals surface area (Å²) < 4.78 is 21.9. The molecule has 1 aromatic heterocycles. The zero-order chi connectivity index (χ0) is 14.3. The Balaban J connectivity index is 1.97. The fourth-order valence-corrected chi connectivity index (χ4v) is 2.61. The minimum Gasteiger partial charge on any atom is -0.358 e. The van der Waals surface area contributed by atoms with E-state index >= 15 is 0 Å². The van der Waals surface area contributed by atoms with E-state index in [2.05, 4.69) is 16.4 Å². The summed E-state index contributed by atoms with van der Waals surface area (Å²) in [7, 11) is 0. The van der Waals surface area contributed by atoms with Crippen molar-refractivity contribution in [3.8, 4) is 6.07 Å². The van der Waals surface area contributed by atoms with Gasteiger partial charge < -0.3 is 10.3 Å². The van der Waals surface area contributed by atoms with Crippen LogP contribution < -0.4 is 5.32 Å². The van der Waals surface area contributed by atoms with Crippen LogP contribution in [0, 0.1) is 11.3 Å². The van der Waals surface area contributed by atoms with Crippen LogP contribution >= 0.6 is 0 Å². The molecular formula is C14H15N3. The van der Waals surface area contributed by atoms with Gasteiger partial charge in [0, 0.05) is 26.8 Å². The highest BCUT2D eigenvalue weighted by atomic mass is 14.9. The summed E-state index contributed by atoms with van der Waals surface area (Å²) >= 11 is 0. The van der Waals surface area contributed by atoms with Gasteiger partial charge in [0.2, 0.25) is 0 Å². The summed E-state index contributed by atoms with van der Waals surface area (Å²) in [4.78, 5) is 3.37. The Hall–Kier alpha value is -1.79. The molecule has 1 heterocycles. The lowest BCUT2D eigenvalue weighted by atomic mass is 9.91. The monoisotopic (exact) mass is 228 g/mol. The largest absolute Gasteiger partial charge is 0.358 e. The van der Waals surface area contributed by atoms with Crippen molar-refractivity contribution in [2.24, 2.45) is 0 Å². The number of nitrogens with zero attached hydrogens (tertiary/aromatic N) is 1. The summed E-state index contributed by atoms with van der Waals surface area (Å²) in [5.74, 6) is 0. The Bertz CT molecular complexity index is 694. The lowest BCUT2D eigenvalue weighted by Crippen LogP contribution is -2.31. The molecule has 86 valence electrons. The molecule has 0 bridgehead atoms. The average molecular weight is 228 g/mol. The molecule has 1 aromatic carbocycles. The maximum Gasteiger partial charge on any atom is 0.0991 e. The number of aryl methyl sites for hydroxylation is 1. The zero-order valence-electron chi connectivity index (χ0n) is 12.4. The minimum atomic E-state index is -2.11. The molecular weight excluding hydrogens is 210 g/mol. The highest BCUT2D eigenvalue weighted by molar-refractivity contribution is 5.86. The zero-order valence-corrected chi connectivity index (χ0v) is 9.38. The fraction of sp³-hybridized carbons (Fsp3) is 0.357. The van der Waals surface area contributed by atoms with Crippen LogP contribution in [0.5, 0.6) is 0 Å². The highest BCUT2D eigenvalue weighted by Crippen LogP contribution is 2.29. The van der Waals surface area contributed by atoms with Crippen LogP contribution in [0.25, 0.3) is 10.9 Å². The summed E-state index contributed by atoms with van der Waals surface area (Å²) in [5, 5.41) is 12.7. The summed E-state index contributed by atoms with van der Waals surface area (Å²) in [6.07, 6.45) is 2.32. The quantitative estimate of drug-likeness (QED) is 0.785. The van der Waals surface area contributed by atoms with Crippen molar-refractivity contribution in [2.45, 2.75) is 25.3 Å². The molecule has 1 aliphatic carbocycles. The summed E-state index contributed by atoms with van der Waals surface area (Å²) in [5.41, 5.74) is 3.96. The van der Waals surface area contributed by atoms with E-state index in [9.17, 15) is 0 Å². The highest BCUT2D eigenvalue weighted by Gasteiger charge is 2.21. The molecule has 0 saturated heterocycles. The maximum absolute atomic E-state index is 9.00. The number of nitrogens with one attached hydrogen (secondary N) is 2. The fourth-order valence-electron chi connectivity index (χ4n) is 2.61. The molecule has 3 rings (SSSR count). The van der Waals surface area contributed by atoms with Gasteiger partial charge in [-0.15, -0.1) is 0 Å². The topological polar surface area (TPSA) is 51.6 Å². The van der Waals surface area contributed by atoms with Gasteiger partial charge in [-0.1, -0.05) is 0 Å². The molecule has 0 amide bonds. The van der Waals surface area contributed by atoms with E-state index in [1.165, 1.54) is 5.69 Å². The predicted molar refractivity (Wildman–Crippen MR) is 67.9 cm³/mol. The van der Waals surface area contributed by atoms with Crippen LogP contribution in [0.1, 0.15) is 27.4 Å². The van der Waals surface area contributed by atoms with Crippen LogP contribution in [0.4, 0.5) is 0 Å². The number of likely N-dealkylation sites (N-methyl/N-ethyl adjacent to an activating group) is 1. The smallest absolute Gasteiger partial charge is 0.0991 e. The van der Waals surface area contributed by atoms with Gasteiger partial charge in [-0.25, -0.2) is 0 Å². The number of H-pyrrole nitrogens is 1. The van der Waals surface area contributed by atoms with Crippen LogP contribution in [0.3, 0.4) is 0 Å². The molecule has 0 spiro atoms. The molecule has 17 heavy (non-hydrogen) atoms. The van der Waals surface area contributed by atoms with Gasteiger partial charge in [0.05, 0.1) is 11.6 Å². The van der Waals surface area contributed by atoms with E-state index in [-0.39, 0.29) is 6.04 Å². The number of benzene rings is 1. The normalized spacial score (nSPS) is 22.3. The molecule has 1 unspecified atom stereocenters. The van der Waals surface area contributed by atoms with Gasteiger partial charge in [-0.2, -0.15) is 5.26 Å². The minimum absolute atomic E-state index is 0.0419. The second-order valence-electron chi connectivity index (χ2n) is 4.54. The first kappa shape index (κ1) is 7.52. The maximum atomic E-state index is 9.00. The number of aromatic amines is 1. The van der Waals surface area contributed by atoms with Crippen molar-refractivity contribution in [1.82, 2.24) is 10.3 Å². The molecule has 2 N–H and O–H groups in total. The van der Waals surface area contributed by atoms with E-state index in [4.69, 9.17) is 9.37 Å². The van der Waals surface area contributed by atoms with E-state index in [1.54, 1.807) is 6.07 Å². The van der Waals surface area contributed by atoms with Gasteiger partial charge in [-0.05, 0) is 50.0 Å². The number of fused-ring (bicyclic) bond motifs is 3. The molecule has 1 atom stereocenters. The van der Waals surface area contributed by atoms with Gasteiger partial charge in [-0.3, -0.25) is 0 Å². The predicted octanol–water partition coefficient (Wildman–Crippen LogP) is 2.12. The van der Waals surface area contributed by atoms with Crippen molar-refractivity contribution in [2.75, 3.05) is 6.98 Å². The molecule has 0 saturated carbocycles. The lowest BCUT2D eigenvalue weighted by Gasteiger charge is -2.21. The molecule has 2 aromatic rings. The van der Waals surface area contributed by atoms with Gasteiger partial charge in [0.25, 0.3) is 0 Å². The Kier molecular flexibility index (Phi) is 1.73. The molecule has 0 fully saturated rings. The van der Waals surface area contributed by atoms with Gasteiger partial charge in [0.1, 0.15) is 0 Å². The number of nitriles is 1. The Labute approximate surface area is 105 Å². The van der Waals surface area contributed by atoms with Crippen LogP contribution in [-0.4, -0.2) is 18.0 Å². The Morgan fingerprint density at radius 3 is 3.35 bits per heavy atom. The second kappa shape index (κ2) is 3.90. The van der Waals surface area contributed by atoms with E-state index in [0.717, 1.165) is 29.3 Å². The molecule has 0 aliphatic heterocycles. The number of rotatable bonds is 1.